The second-order valence-electron chi connectivity index (χ2n) is 2.31. The zero-order chi connectivity index (χ0) is 8.39. The lowest BCUT2D eigenvalue weighted by molar-refractivity contribution is -0.653. The molecule has 1 atom stereocenters. The number of rotatable bonds is 1. The summed E-state index contributed by atoms with van der Waals surface area (Å²) in [6.07, 6.45) is 0. The molecule has 4 nitrogen and oxygen atoms in total. The molecule has 1 aliphatic heterocycles. The van der Waals surface area contributed by atoms with E-state index in [1.165, 1.54) is 0 Å². The fourth-order valence-electron chi connectivity index (χ4n) is 0.975. The van der Waals surface area contributed by atoms with Crippen LogP contribution >= 0.6 is 0 Å². The van der Waals surface area contributed by atoms with Crippen LogP contribution in [-0.2, 0) is 12.8 Å². The Labute approximate surface area is 75.1 Å². The van der Waals surface area contributed by atoms with Crippen molar-refractivity contribution in [3.05, 3.63) is 35.9 Å². The van der Waals surface area contributed by atoms with Crippen LogP contribution in [0.1, 0.15) is 5.56 Å². The van der Waals surface area contributed by atoms with Crippen LogP contribution in [0, 0.1) is 0 Å². The zero-order valence-electron chi connectivity index (χ0n) is 6.14. The highest BCUT2D eigenvalue weighted by Gasteiger charge is 2.14. The summed E-state index contributed by atoms with van der Waals surface area (Å²) in [6, 6.07) is 9.66. The molecular weight excluding hydrogens is 172 g/mol. The molecular formula is C7H6N4S. The first-order chi connectivity index (χ1) is 5.88. The Morgan fingerprint density at radius 3 is 2.50 bits per heavy atom. The van der Waals surface area contributed by atoms with E-state index >= 15 is 0 Å². The average molecular weight is 178 g/mol. The van der Waals surface area contributed by atoms with E-state index < -0.39 is 0 Å². The van der Waals surface area contributed by atoms with E-state index in [9.17, 15) is 0 Å². The van der Waals surface area contributed by atoms with Crippen LogP contribution in [0.5, 0.6) is 0 Å². The normalized spacial score (nSPS) is 21.1. The van der Waals surface area contributed by atoms with Crippen molar-refractivity contribution in [1.82, 2.24) is 0 Å². The third-order valence-corrected chi connectivity index (χ3v) is 1.81. The summed E-state index contributed by atoms with van der Waals surface area (Å²) in [5, 5.41) is 11.0. The van der Waals surface area contributed by atoms with Crippen molar-refractivity contribution >= 4 is 18.7 Å². The predicted molar refractivity (Wildman–Crippen MR) is 46.2 cm³/mol. The van der Waals surface area contributed by atoms with Gasteiger partial charge in [-0.15, -0.1) is 0 Å². The number of quaternary nitrogens is 1. The van der Waals surface area contributed by atoms with Gasteiger partial charge in [0.25, 0.3) is 5.84 Å². The zero-order valence-corrected chi connectivity index (χ0v) is 6.95. The SMILES string of the molecule is [S-][NH+]1N=NN=C1c1ccccc1. The van der Waals surface area contributed by atoms with E-state index in [0.717, 1.165) is 5.56 Å². The first-order valence-electron chi connectivity index (χ1n) is 3.46. The first-order valence-corrected chi connectivity index (χ1v) is 3.87. The summed E-state index contributed by atoms with van der Waals surface area (Å²) in [5.41, 5.74) is 0.965. The maximum atomic E-state index is 4.93. The van der Waals surface area contributed by atoms with E-state index in [1.807, 2.05) is 30.3 Å². The Hall–Kier alpha value is -1.20. The average Bonchev–Trinajstić information content (AvgIpc) is 2.53. The minimum atomic E-state index is 0.459. The van der Waals surface area contributed by atoms with Gasteiger partial charge in [0.05, 0.1) is 5.56 Å². The van der Waals surface area contributed by atoms with E-state index in [1.54, 1.807) is 0 Å². The molecule has 2 rings (SSSR count). The summed E-state index contributed by atoms with van der Waals surface area (Å²) >= 11 is 4.93. The van der Waals surface area contributed by atoms with Crippen LogP contribution in [0.4, 0.5) is 0 Å². The quantitative estimate of drug-likeness (QED) is 0.608. The van der Waals surface area contributed by atoms with E-state index in [4.69, 9.17) is 12.8 Å². The van der Waals surface area contributed by atoms with Gasteiger partial charge in [-0.1, -0.05) is 23.3 Å². The summed E-state index contributed by atoms with van der Waals surface area (Å²) in [5.74, 6) is 0.686. The molecule has 1 N–H and O–H groups in total. The minimum Gasteiger partial charge on any atom is -0.453 e. The summed E-state index contributed by atoms with van der Waals surface area (Å²) in [7, 11) is 0. The van der Waals surface area contributed by atoms with Crippen LogP contribution in [0.25, 0.3) is 0 Å². The third-order valence-electron chi connectivity index (χ3n) is 1.53. The number of nitrogens with zero attached hydrogens (tertiary/aromatic N) is 3. The molecule has 12 heavy (non-hydrogen) atoms. The predicted octanol–water partition coefficient (Wildman–Crippen LogP) is 0.0758. The second kappa shape index (κ2) is 3.04. The smallest absolute Gasteiger partial charge is 0.264 e. The fourth-order valence-corrected chi connectivity index (χ4v) is 1.17. The van der Waals surface area contributed by atoms with Crippen LogP contribution in [0.3, 0.4) is 0 Å². The van der Waals surface area contributed by atoms with Crippen LogP contribution in [0.15, 0.2) is 45.9 Å². The van der Waals surface area contributed by atoms with Crippen LogP contribution < -0.4 is 4.41 Å². The van der Waals surface area contributed by atoms with Gasteiger partial charge < -0.3 is 12.8 Å². The van der Waals surface area contributed by atoms with Gasteiger partial charge in [-0.25, -0.2) is 4.41 Å². The molecule has 5 heteroatoms. The van der Waals surface area contributed by atoms with Crippen LogP contribution in [0.2, 0.25) is 0 Å². The molecule has 1 aromatic carbocycles. The van der Waals surface area contributed by atoms with Crippen LogP contribution in [-0.4, -0.2) is 5.84 Å². The molecule has 0 amide bonds. The molecule has 0 spiro atoms. The number of amidine groups is 1. The molecule has 0 fully saturated rings. The monoisotopic (exact) mass is 178 g/mol. The Morgan fingerprint density at radius 1 is 1.17 bits per heavy atom. The maximum absolute atomic E-state index is 4.93. The lowest BCUT2D eigenvalue weighted by atomic mass is 10.2. The molecule has 0 saturated carbocycles. The lowest BCUT2D eigenvalue weighted by Gasteiger charge is -2.09. The molecule has 1 heterocycles. The molecule has 0 bridgehead atoms. The number of hydrogen-bond donors (Lipinski definition) is 1. The van der Waals surface area contributed by atoms with Crippen molar-refractivity contribution in [1.29, 1.82) is 0 Å². The number of nitrogens with one attached hydrogen (secondary N) is 1. The van der Waals surface area contributed by atoms with Gasteiger partial charge in [0.1, 0.15) is 0 Å². The first kappa shape index (κ1) is 7.45. The number of benzene rings is 1. The number of hydrogen-bond acceptors (Lipinski definition) is 4. The van der Waals surface area contributed by atoms with Gasteiger partial charge in [0.2, 0.25) is 0 Å². The topological polar surface area (TPSA) is 41.5 Å². The van der Waals surface area contributed by atoms with Gasteiger partial charge >= 0.3 is 0 Å². The van der Waals surface area contributed by atoms with E-state index in [0.29, 0.717) is 10.2 Å². The lowest BCUT2D eigenvalue weighted by Crippen LogP contribution is -3.04. The Bertz CT molecular complexity index is 333. The molecule has 1 unspecified atom stereocenters. The molecule has 1 aromatic rings. The molecule has 0 aliphatic carbocycles. The molecule has 60 valence electrons. The summed E-state index contributed by atoms with van der Waals surface area (Å²) in [4.78, 5) is 0. The second-order valence-corrected chi connectivity index (χ2v) is 2.70. The molecule has 0 radical (unpaired) electrons. The minimum absolute atomic E-state index is 0.459. The standard InChI is InChI=1S/C7H6N4S/c12-11-7(8-9-10-11)6-4-2-1-3-5-6/h1-5,11H. The van der Waals surface area contributed by atoms with Crippen molar-refractivity contribution in [2.24, 2.45) is 15.5 Å². The summed E-state index contributed by atoms with van der Waals surface area (Å²) in [6.45, 7) is 0. The van der Waals surface area contributed by atoms with E-state index in [2.05, 4.69) is 15.5 Å². The Kier molecular flexibility index (Phi) is 1.89. The van der Waals surface area contributed by atoms with Crippen molar-refractivity contribution in [3.8, 4) is 0 Å². The highest BCUT2D eigenvalue weighted by molar-refractivity contribution is 7.51. The Morgan fingerprint density at radius 2 is 1.92 bits per heavy atom. The highest BCUT2D eigenvalue weighted by atomic mass is 32.1. The van der Waals surface area contributed by atoms with Gasteiger partial charge in [0.15, 0.2) is 0 Å². The molecule has 0 aromatic heterocycles. The van der Waals surface area contributed by atoms with Gasteiger partial charge in [-0.05, 0) is 12.1 Å². The Balaban J connectivity index is 2.34. The van der Waals surface area contributed by atoms with Crippen molar-refractivity contribution in [2.75, 3.05) is 0 Å². The maximum Gasteiger partial charge on any atom is 0.264 e. The van der Waals surface area contributed by atoms with Gasteiger partial charge in [0, 0.05) is 10.4 Å². The van der Waals surface area contributed by atoms with Crippen molar-refractivity contribution in [2.45, 2.75) is 0 Å². The van der Waals surface area contributed by atoms with Gasteiger partial charge in [-0.2, -0.15) is 0 Å². The van der Waals surface area contributed by atoms with Crippen molar-refractivity contribution in [3.63, 3.8) is 0 Å². The third kappa shape index (κ3) is 1.24. The molecule has 0 saturated heterocycles. The highest BCUT2D eigenvalue weighted by Crippen LogP contribution is 1.99. The van der Waals surface area contributed by atoms with Gasteiger partial charge in [-0.3, -0.25) is 0 Å². The van der Waals surface area contributed by atoms with Crippen molar-refractivity contribution < 1.29 is 4.41 Å². The fraction of sp³-hybridized carbons (Fsp3) is 0. The molecule has 1 aliphatic rings. The summed E-state index contributed by atoms with van der Waals surface area (Å²) < 4.78 is 0.459. The van der Waals surface area contributed by atoms with E-state index in [-0.39, 0.29) is 0 Å². The largest absolute Gasteiger partial charge is 0.453 e.